The maximum atomic E-state index is 13.3. The van der Waals surface area contributed by atoms with Crippen molar-refractivity contribution in [2.45, 2.75) is 101 Å². The molecule has 4 aliphatic rings. The molecule has 11 heteroatoms. The molecule has 3 aliphatic heterocycles. The summed E-state index contributed by atoms with van der Waals surface area (Å²) in [6.45, 7) is 6.76. The Morgan fingerprint density at radius 1 is 1.06 bits per heavy atom. The summed E-state index contributed by atoms with van der Waals surface area (Å²) in [6.07, 6.45) is -1.64. The van der Waals surface area contributed by atoms with Gasteiger partial charge >= 0.3 is 6.18 Å². The number of carbonyl (C=O) groups is 1. The lowest BCUT2D eigenvalue weighted by Crippen LogP contribution is -2.66. The first-order valence-electron chi connectivity index (χ1n) is 12.5. The summed E-state index contributed by atoms with van der Waals surface area (Å²) >= 11 is 0. The van der Waals surface area contributed by atoms with E-state index in [1.165, 1.54) is 19.8 Å². The number of alkyl halides is 3. The van der Waals surface area contributed by atoms with Gasteiger partial charge in [-0.1, -0.05) is 6.92 Å². The average Bonchev–Trinajstić information content (AvgIpc) is 3.19. The van der Waals surface area contributed by atoms with E-state index in [-0.39, 0.29) is 18.4 Å². The molecule has 0 aromatic rings. The molecule has 0 bridgehead atoms. The van der Waals surface area contributed by atoms with Gasteiger partial charge in [0.1, 0.15) is 18.6 Å². The van der Waals surface area contributed by atoms with Gasteiger partial charge < -0.3 is 15.4 Å². The molecule has 6 N–H and O–H groups in total. The van der Waals surface area contributed by atoms with Crippen molar-refractivity contribution in [1.29, 1.82) is 0 Å². The Morgan fingerprint density at radius 2 is 1.88 bits per heavy atom. The van der Waals surface area contributed by atoms with E-state index in [0.717, 1.165) is 38.9 Å². The lowest BCUT2D eigenvalue weighted by atomic mass is 9.82. The monoisotopic (exact) mass is 476 g/mol. The van der Waals surface area contributed by atoms with Crippen LogP contribution in [0, 0.1) is 11.8 Å². The van der Waals surface area contributed by atoms with Crippen molar-refractivity contribution in [3.8, 4) is 0 Å². The first-order valence-corrected chi connectivity index (χ1v) is 12.5. The van der Waals surface area contributed by atoms with Gasteiger partial charge in [0.05, 0.1) is 0 Å². The molecule has 4 fully saturated rings. The van der Waals surface area contributed by atoms with Crippen LogP contribution in [-0.4, -0.2) is 74.5 Å². The van der Waals surface area contributed by atoms with E-state index in [9.17, 15) is 18.0 Å². The molecule has 4 rings (SSSR count). The van der Waals surface area contributed by atoms with Crippen LogP contribution in [0.2, 0.25) is 0 Å². The smallest absolute Gasteiger partial charge is 0.352 e. The van der Waals surface area contributed by atoms with E-state index in [2.05, 4.69) is 38.8 Å². The predicted octanol–water partition coefficient (Wildman–Crippen LogP) is 0.749. The molecular weight excluding hydrogens is 437 g/mol. The minimum absolute atomic E-state index is 0.00654. The molecule has 1 amide bonds. The third kappa shape index (κ3) is 6.37. The van der Waals surface area contributed by atoms with Crippen molar-refractivity contribution in [3.05, 3.63) is 0 Å². The maximum Gasteiger partial charge on any atom is 0.416 e. The van der Waals surface area contributed by atoms with Crippen LogP contribution in [0.3, 0.4) is 0 Å². The lowest BCUT2D eigenvalue weighted by molar-refractivity contribution is -0.216. The zero-order chi connectivity index (χ0) is 23.6. The van der Waals surface area contributed by atoms with Gasteiger partial charge in [0.2, 0.25) is 5.91 Å². The number of halogens is 3. The van der Waals surface area contributed by atoms with Gasteiger partial charge in [-0.2, -0.15) is 13.2 Å². The molecule has 1 saturated carbocycles. The summed E-state index contributed by atoms with van der Waals surface area (Å²) in [7, 11) is 0. The van der Waals surface area contributed by atoms with Crippen LogP contribution in [-0.2, 0) is 9.53 Å². The average molecular weight is 477 g/mol. The lowest BCUT2D eigenvalue weighted by Gasteiger charge is -2.43. The minimum Gasteiger partial charge on any atom is -0.352 e. The Balaban J connectivity index is 1.30. The van der Waals surface area contributed by atoms with Gasteiger partial charge in [-0.15, -0.1) is 0 Å². The van der Waals surface area contributed by atoms with Crippen LogP contribution in [0.4, 0.5) is 13.2 Å². The highest BCUT2D eigenvalue weighted by molar-refractivity contribution is 5.83. The van der Waals surface area contributed by atoms with Crippen LogP contribution >= 0.6 is 0 Å². The summed E-state index contributed by atoms with van der Waals surface area (Å²) in [5.74, 6) is 0.402. The fourth-order valence-electron chi connectivity index (χ4n) is 5.79. The second kappa shape index (κ2) is 10.7. The number of ether oxygens (including phenoxy) is 1. The van der Waals surface area contributed by atoms with Crippen LogP contribution in [0.1, 0.15) is 52.4 Å². The van der Waals surface area contributed by atoms with Crippen molar-refractivity contribution in [3.63, 3.8) is 0 Å². The number of carbonyl (C=O) groups excluding carboxylic acids is 1. The summed E-state index contributed by atoms with van der Waals surface area (Å²) in [6, 6.07) is -0.972. The summed E-state index contributed by atoms with van der Waals surface area (Å²) < 4.78 is 44.8. The molecule has 33 heavy (non-hydrogen) atoms. The quantitative estimate of drug-likeness (QED) is 0.349. The summed E-state index contributed by atoms with van der Waals surface area (Å²) in [5, 5.41) is 19.9. The van der Waals surface area contributed by atoms with Gasteiger partial charge in [0.25, 0.3) is 0 Å². The Kier molecular flexibility index (Phi) is 8.18. The van der Waals surface area contributed by atoms with E-state index in [1.807, 2.05) is 0 Å². The molecular formula is C22H39F3N6O2. The zero-order valence-corrected chi connectivity index (χ0v) is 19.5. The van der Waals surface area contributed by atoms with Crippen LogP contribution < -0.4 is 31.9 Å². The van der Waals surface area contributed by atoms with E-state index in [4.69, 9.17) is 4.74 Å². The third-order valence-corrected chi connectivity index (χ3v) is 7.68. The fourth-order valence-corrected chi connectivity index (χ4v) is 5.79. The summed E-state index contributed by atoms with van der Waals surface area (Å²) in [4.78, 5) is 12.7. The first kappa shape index (κ1) is 25.1. The SMILES string of the molecule is CC1NC(C(=O)NC2CCC(C)C(NC3NCCC(C4CCCNC4)N3)C2)C(C(F)(F)F)O1. The van der Waals surface area contributed by atoms with Crippen LogP contribution in [0.15, 0.2) is 0 Å². The van der Waals surface area contributed by atoms with Crippen molar-refractivity contribution in [1.82, 2.24) is 31.9 Å². The van der Waals surface area contributed by atoms with Crippen molar-refractivity contribution in [2.24, 2.45) is 11.8 Å². The summed E-state index contributed by atoms with van der Waals surface area (Å²) in [5.41, 5.74) is 0. The van der Waals surface area contributed by atoms with Gasteiger partial charge in [-0.05, 0) is 76.9 Å². The van der Waals surface area contributed by atoms with E-state index >= 15 is 0 Å². The Hall–Kier alpha value is -0.980. The van der Waals surface area contributed by atoms with Crippen molar-refractivity contribution >= 4 is 5.91 Å². The Morgan fingerprint density at radius 3 is 2.61 bits per heavy atom. The van der Waals surface area contributed by atoms with Gasteiger partial charge in [-0.3, -0.25) is 26.1 Å². The van der Waals surface area contributed by atoms with Gasteiger partial charge in [-0.25, -0.2) is 0 Å². The Bertz CT molecular complexity index is 663. The molecule has 9 unspecified atom stereocenters. The largest absolute Gasteiger partial charge is 0.416 e. The highest BCUT2D eigenvalue weighted by Crippen LogP contribution is 2.31. The topological polar surface area (TPSA) is 98.5 Å². The van der Waals surface area contributed by atoms with E-state index < -0.39 is 30.5 Å². The molecule has 0 spiro atoms. The van der Waals surface area contributed by atoms with Crippen LogP contribution in [0.5, 0.6) is 0 Å². The van der Waals surface area contributed by atoms with Gasteiger partial charge in [0, 0.05) is 18.1 Å². The molecule has 190 valence electrons. The predicted molar refractivity (Wildman–Crippen MR) is 118 cm³/mol. The van der Waals surface area contributed by atoms with Crippen molar-refractivity contribution in [2.75, 3.05) is 19.6 Å². The highest BCUT2D eigenvalue weighted by Gasteiger charge is 2.53. The Labute approximate surface area is 193 Å². The second-order valence-electron chi connectivity index (χ2n) is 10.2. The normalized spacial score (nSPS) is 42.8. The van der Waals surface area contributed by atoms with Crippen molar-refractivity contribution < 1.29 is 22.7 Å². The minimum atomic E-state index is -4.59. The number of hydrogen-bond acceptors (Lipinski definition) is 7. The third-order valence-electron chi connectivity index (χ3n) is 7.68. The fraction of sp³-hybridized carbons (Fsp3) is 0.955. The number of amides is 1. The molecule has 0 aromatic heterocycles. The molecule has 0 radical (unpaired) electrons. The zero-order valence-electron chi connectivity index (χ0n) is 19.5. The van der Waals surface area contributed by atoms with Gasteiger partial charge in [0.15, 0.2) is 6.10 Å². The number of hydrogen-bond donors (Lipinski definition) is 6. The van der Waals surface area contributed by atoms with E-state index in [1.54, 1.807) is 0 Å². The molecule has 1 aliphatic carbocycles. The molecule has 3 saturated heterocycles. The maximum absolute atomic E-state index is 13.3. The van der Waals surface area contributed by atoms with Crippen LogP contribution in [0.25, 0.3) is 0 Å². The highest BCUT2D eigenvalue weighted by atomic mass is 19.4. The molecule has 3 heterocycles. The number of nitrogens with one attached hydrogen (secondary N) is 6. The number of piperidine rings is 1. The molecule has 8 nitrogen and oxygen atoms in total. The number of rotatable bonds is 5. The molecule has 9 atom stereocenters. The van der Waals surface area contributed by atoms with E-state index in [0.29, 0.717) is 24.3 Å². The molecule has 0 aromatic carbocycles. The standard InChI is InChI=1S/C22H39F3N6O2/c1-12-5-6-15(29-20(32)18-19(22(23,24)25)33-13(2)28-18)10-17(12)31-21-27-9-7-16(30-21)14-4-3-8-26-11-14/h12-19,21,26-28,30-31H,3-11H2,1-2H3,(H,29,32). The second-order valence-corrected chi connectivity index (χ2v) is 10.2. The first-order chi connectivity index (χ1) is 15.7.